The van der Waals surface area contributed by atoms with Crippen molar-refractivity contribution in [3.05, 3.63) is 84.4 Å². The fourth-order valence-electron chi connectivity index (χ4n) is 4.03. The number of aromatic nitrogens is 6. The van der Waals surface area contributed by atoms with Gasteiger partial charge in [-0.05, 0) is 47.0 Å². The van der Waals surface area contributed by atoms with Crippen molar-refractivity contribution in [2.75, 3.05) is 13.7 Å². The number of imidazole rings is 1. The first-order chi connectivity index (χ1) is 17.1. The second kappa shape index (κ2) is 9.22. The number of H-pyrrole nitrogens is 1. The molecule has 3 aromatic carbocycles. The minimum absolute atomic E-state index is 0.270. The average molecular weight is 467 g/mol. The molecule has 0 aliphatic carbocycles. The Bertz CT molecular complexity index is 1520. The highest BCUT2D eigenvalue weighted by Gasteiger charge is 2.22. The van der Waals surface area contributed by atoms with Crippen molar-refractivity contribution in [3.63, 3.8) is 0 Å². The van der Waals surface area contributed by atoms with Gasteiger partial charge in [-0.25, -0.2) is 4.79 Å². The number of nitrogens with one attached hydrogen (secondary N) is 1. The summed E-state index contributed by atoms with van der Waals surface area (Å²) in [6.07, 6.45) is 1.65. The monoisotopic (exact) mass is 466 g/mol. The molecule has 0 radical (unpaired) electrons. The maximum absolute atomic E-state index is 12.6. The van der Waals surface area contributed by atoms with Crippen LogP contribution in [0.2, 0.25) is 0 Å². The first-order valence-electron chi connectivity index (χ1n) is 10.9. The third-order valence-corrected chi connectivity index (χ3v) is 5.66. The van der Waals surface area contributed by atoms with E-state index in [1.165, 1.54) is 7.11 Å². The van der Waals surface area contributed by atoms with Gasteiger partial charge in [-0.3, -0.25) is 4.57 Å². The molecule has 0 bridgehead atoms. The van der Waals surface area contributed by atoms with Crippen LogP contribution in [0.5, 0.6) is 6.01 Å². The zero-order valence-electron chi connectivity index (χ0n) is 19.2. The number of rotatable bonds is 7. The molecule has 0 saturated carbocycles. The number of aromatic amines is 1. The van der Waals surface area contributed by atoms with Crippen molar-refractivity contribution in [2.24, 2.45) is 0 Å². The molecule has 0 unspecified atom stereocenters. The first-order valence-corrected chi connectivity index (χ1v) is 10.9. The molecular formula is C26H22N6O3. The number of benzene rings is 3. The van der Waals surface area contributed by atoms with Gasteiger partial charge >= 0.3 is 12.0 Å². The van der Waals surface area contributed by atoms with Crippen molar-refractivity contribution in [2.45, 2.75) is 6.92 Å². The van der Waals surface area contributed by atoms with E-state index in [9.17, 15) is 4.79 Å². The van der Waals surface area contributed by atoms with E-state index in [0.29, 0.717) is 28.4 Å². The molecule has 5 aromatic rings. The Morgan fingerprint density at radius 3 is 2.54 bits per heavy atom. The van der Waals surface area contributed by atoms with Crippen LogP contribution in [0.4, 0.5) is 0 Å². The van der Waals surface area contributed by atoms with E-state index in [0.717, 1.165) is 27.9 Å². The fourth-order valence-corrected chi connectivity index (χ4v) is 4.03. The largest absolute Gasteiger partial charge is 0.465 e. The van der Waals surface area contributed by atoms with Crippen LogP contribution in [0.25, 0.3) is 39.2 Å². The molecule has 2 heterocycles. The van der Waals surface area contributed by atoms with Crippen molar-refractivity contribution in [1.29, 1.82) is 0 Å². The molecule has 0 aliphatic rings. The Balaban J connectivity index is 1.67. The Kier molecular flexibility index (Phi) is 5.80. The van der Waals surface area contributed by atoms with Crippen LogP contribution in [0, 0.1) is 6.92 Å². The third kappa shape index (κ3) is 3.93. The molecule has 9 heteroatoms. The Labute approximate surface area is 201 Å². The summed E-state index contributed by atoms with van der Waals surface area (Å²) in [5.74, 6) is 0.0701. The lowest BCUT2D eigenvalue weighted by Gasteiger charge is -2.13. The number of aryl methyl sites for hydroxylation is 1. The van der Waals surface area contributed by atoms with Gasteiger partial charge in [0, 0.05) is 5.56 Å². The first kappa shape index (κ1) is 22.0. The molecule has 5 rings (SSSR count). The molecule has 0 spiro atoms. The predicted octanol–water partition coefficient (Wildman–Crippen LogP) is 4.53. The number of ether oxygens (including phenoxy) is 2. The number of esters is 1. The van der Waals surface area contributed by atoms with Gasteiger partial charge in [-0.1, -0.05) is 55.1 Å². The highest BCUT2D eigenvalue weighted by Crippen LogP contribution is 2.34. The molecule has 0 fully saturated rings. The zero-order chi connectivity index (χ0) is 24.4. The molecule has 9 nitrogen and oxygen atoms in total. The van der Waals surface area contributed by atoms with Crippen LogP contribution in [-0.2, 0) is 4.74 Å². The van der Waals surface area contributed by atoms with E-state index in [-0.39, 0.29) is 6.61 Å². The maximum Gasteiger partial charge on any atom is 0.340 e. The summed E-state index contributed by atoms with van der Waals surface area (Å²) < 4.78 is 12.7. The van der Waals surface area contributed by atoms with Gasteiger partial charge in [0.2, 0.25) is 5.82 Å². The summed E-state index contributed by atoms with van der Waals surface area (Å²) in [4.78, 5) is 17.3. The van der Waals surface area contributed by atoms with E-state index in [2.05, 4.69) is 27.2 Å². The van der Waals surface area contributed by atoms with E-state index in [4.69, 9.17) is 14.5 Å². The number of hydrogen-bond donors (Lipinski definition) is 1. The van der Waals surface area contributed by atoms with Crippen molar-refractivity contribution < 1.29 is 14.3 Å². The van der Waals surface area contributed by atoms with Crippen LogP contribution >= 0.6 is 0 Å². The van der Waals surface area contributed by atoms with E-state index >= 15 is 0 Å². The minimum atomic E-state index is -0.447. The van der Waals surface area contributed by atoms with Crippen molar-refractivity contribution in [3.8, 4) is 34.2 Å². The van der Waals surface area contributed by atoms with Crippen LogP contribution in [0.1, 0.15) is 15.9 Å². The molecule has 0 atom stereocenters. The minimum Gasteiger partial charge on any atom is -0.465 e. The number of methoxy groups -OCH3 is 1. The van der Waals surface area contributed by atoms with Gasteiger partial charge in [-0.15, -0.1) is 10.2 Å². The smallest absolute Gasteiger partial charge is 0.340 e. The van der Waals surface area contributed by atoms with Crippen LogP contribution in [0.15, 0.2) is 73.3 Å². The highest BCUT2D eigenvalue weighted by molar-refractivity contribution is 6.04. The molecule has 35 heavy (non-hydrogen) atoms. The molecule has 2 aromatic heterocycles. The van der Waals surface area contributed by atoms with Crippen LogP contribution < -0.4 is 4.74 Å². The molecule has 0 amide bonds. The standard InChI is InChI=1S/C26H22N6O3/c1-4-15-35-26-27-22-16(2)9-14-21(25(33)34-3)23(22)32(26)18-12-10-17(11-13-18)19-7-5-6-8-20(19)24-28-30-31-29-24/h4-14H,1,15H2,2-3H3,(H,28,29,30,31). The number of carbonyl (C=O) groups is 1. The number of carbonyl (C=O) groups excluding carboxylic acids is 1. The SMILES string of the molecule is C=CCOc1nc2c(C)ccc(C(=O)OC)c2n1-c1ccc(-c2ccccc2-c2nn[nH]n2)cc1. The number of tetrazole rings is 1. The Morgan fingerprint density at radius 2 is 1.86 bits per heavy atom. The quantitative estimate of drug-likeness (QED) is 0.277. The zero-order valence-corrected chi connectivity index (χ0v) is 19.2. The number of hydrogen-bond acceptors (Lipinski definition) is 7. The maximum atomic E-state index is 12.6. The van der Waals surface area contributed by atoms with Gasteiger partial charge < -0.3 is 9.47 Å². The molecule has 0 saturated heterocycles. The Morgan fingerprint density at radius 1 is 1.09 bits per heavy atom. The molecule has 174 valence electrons. The summed E-state index contributed by atoms with van der Waals surface area (Å²) >= 11 is 0. The van der Waals surface area contributed by atoms with Gasteiger partial charge in [0.25, 0.3) is 0 Å². The lowest BCUT2D eigenvalue weighted by atomic mass is 9.99. The normalized spacial score (nSPS) is 10.9. The van der Waals surface area contributed by atoms with Gasteiger partial charge in [0.05, 0.1) is 29.4 Å². The summed E-state index contributed by atoms with van der Waals surface area (Å²) in [7, 11) is 1.36. The molecule has 1 N–H and O–H groups in total. The second-order valence-corrected chi connectivity index (χ2v) is 7.78. The predicted molar refractivity (Wildman–Crippen MR) is 131 cm³/mol. The average Bonchev–Trinajstić information content (AvgIpc) is 3.56. The number of nitrogens with zero attached hydrogens (tertiary/aromatic N) is 5. The molecular weight excluding hydrogens is 444 g/mol. The van der Waals surface area contributed by atoms with Gasteiger partial charge in [0.15, 0.2) is 0 Å². The van der Waals surface area contributed by atoms with E-state index in [1.54, 1.807) is 12.1 Å². The van der Waals surface area contributed by atoms with Crippen LogP contribution in [0.3, 0.4) is 0 Å². The summed E-state index contributed by atoms with van der Waals surface area (Å²) in [5.41, 5.74) is 6.18. The summed E-state index contributed by atoms with van der Waals surface area (Å²) in [6.45, 7) is 5.94. The van der Waals surface area contributed by atoms with Gasteiger partial charge in [0.1, 0.15) is 6.61 Å². The second-order valence-electron chi connectivity index (χ2n) is 7.78. The fraction of sp³-hybridized carbons (Fsp3) is 0.115. The summed E-state index contributed by atoms with van der Waals surface area (Å²) in [6, 6.07) is 19.7. The van der Waals surface area contributed by atoms with Gasteiger partial charge in [-0.2, -0.15) is 10.2 Å². The topological polar surface area (TPSA) is 108 Å². The van der Waals surface area contributed by atoms with E-state index in [1.807, 2.05) is 66.1 Å². The third-order valence-electron chi connectivity index (χ3n) is 5.66. The molecule has 0 aliphatic heterocycles. The van der Waals surface area contributed by atoms with Crippen molar-refractivity contribution >= 4 is 17.0 Å². The lowest BCUT2D eigenvalue weighted by Crippen LogP contribution is -2.07. The summed E-state index contributed by atoms with van der Waals surface area (Å²) in [5, 5.41) is 14.4. The van der Waals surface area contributed by atoms with Crippen LogP contribution in [-0.4, -0.2) is 49.9 Å². The highest BCUT2D eigenvalue weighted by atomic mass is 16.5. The lowest BCUT2D eigenvalue weighted by molar-refractivity contribution is 0.0602. The van der Waals surface area contributed by atoms with E-state index < -0.39 is 5.97 Å². The van der Waals surface area contributed by atoms with Crippen molar-refractivity contribution in [1.82, 2.24) is 30.2 Å². The number of fused-ring (bicyclic) bond motifs is 1. The Hall–Kier alpha value is -4.79.